The number of thiazole rings is 1. The van der Waals surface area contributed by atoms with Gasteiger partial charge in [0.2, 0.25) is 0 Å². The molecule has 0 unspecified atom stereocenters. The Morgan fingerprint density at radius 2 is 2.31 bits per heavy atom. The SMILES string of the molecule is CCOC1CCN(Cc2csc(N)n2)CC1. The van der Waals surface area contributed by atoms with Crippen LogP contribution in [0.2, 0.25) is 0 Å². The number of piperidine rings is 1. The maximum absolute atomic E-state index is 5.63. The van der Waals surface area contributed by atoms with Gasteiger partial charge >= 0.3 is 0 Å². The van der Waals surface area contributed by atoms with Gasteiger partial charge in [-0.05, 0) is 19.8 Å². The zero-order valence-electron chi connectivity index (χ0n) is 9.69. The summed E-state index contributed by atoms with van der Waals surface area (Å²) in [5, 5.41) is 2.71. The van der Waals surface area contributed by atoms with Crippen molar-refractivity contribution in [3.63, 3.8) is 0 Å². The number of nitrogens with two attached hydrogens (primary N) is 1. The lowest BCUT2D eigenvalue weighted by Gasteiger charge is -2.31. The number of nitrogens with zero attached hydrogens (tertiary/aromatic N) is 2. The molecule has 0 spiro atoms. The molecule has 5 heteroatoms. The van der Waals surface area contributed by atoms with Crippen molar-refractivity contribution < 1.29 is 4.74 Å². The van der Waals surface area contributed by atoms with Crippen molar-refractivity contribution >= 4 is 16.5 Å². The van der Waals surface area contributed by atoms with E-state index in [2.05, 4.69) is 16.8 Å². The summed E-state index contributed by atoms with van der Waals surface area (Å²) in [5.41, 5.74) is 6.71. The number of hydrogen-bond donors (Lipinski definition) is 1. The zero-order chi connectivity index (χ0) is 11.4. The molecule has 0 amide bonds. The van der Waals surface area contributed by atoms with Crippen LogP contribution in [0, 0.1) is 0 Å². The molecule has 1 saturated heterocycles. The highest BCUT2D eigenvalue weighted by Gasteiger charge is 2.19. The molecule has 0 aromatic carbocycles. The van der Waals surface area contributed by atoms with Crippen molar-refractivity contribution in [1.29, 1.82) is 0 Å². The van der Waals surface area contributed by atoms with Crippen molar-refractivity contribution in [1.82, 2.24) is 9.88 Å². The standard InChI is InChI=1S/C11H19N3OS/c1-2-15-10-3-5-14(6-4-10)7-9-8-16-11(12)13-9/h8,10H,2-7H2,1H3,(H2,12,13). The second-order valence-corrected chi connectivity index (χ2v) is 5.00. The van der Waals surface area contributed by atoms with Gasteiger partial charge < -0.3 is 10.5 Å². The Balaban J connectivity index is 1.77. The van der Waals surface area contributed by atoms with E-state index >= 15 is 0 Å². The van der Waals surface area contributed by atoms with Gasteiger partial charge in [-0.1, -0.05) is 0 Å². The molecule has 0 atom stereocenters. The Bertz CT molecular complexity index is 321. The minimum Gasteiger partial charge on any atom is -0.378 e. The van der Waals surface area contributed by atoms with E-state index in [1.807, 2.05) is 5.38 Å². The van der Waals surface area contributed by atoms with Crippen molar-refractivity contribution in [2.24, 2.45) is 0 Å². The fourth-order valence-corrected chi connectivity index (χ4v) is 2.65. The monoisotopic (exact) mass is 241 g/mol. The number of anilines is 1. The van der Waals surface area contributed by atoms with Crippen LogP contribution in [-0.4, -0.2) is 35.7 Å². The van der Waals surface area contributed by atoms with Crippen molar-refractivity contribution in [3.8, 4) is 0 Å². The van der Waals surface area contributed by atoms with Crippen LogP contribution in [0.5, 0.6) is 0 Å². The van der Waals surface area contributed by atoms with Gasteiger partial charge in [-0.2, -0.15) is 0 Å². The lowest BCUT2D eigenvalue weighted by Crippen LogP contribution is -2.36. The quantitative estimate of drug-likeness (QED) is 0.872. The van der Waals surface area contributed by atoms with Gasteiger partial charge in [-0.15, -0.1) is 11.3 Å². The van der Waals surface area contributed by atoms with Gasteiger partial charge in [0.05, 0.1) is 11.8 Å². The first-order valence-corrected chi connectivity index (χ1v) is 6.69. The predicted molar refractivity (Wildman–Crippen MR) is 66.5 cm³/mol. The Morgan fingerprint density at radius 1 is 1.56 bits per heavy atom. The van der Waals surface area contributed by atoms with Gasteiger partial charge in [-0.3, -0.25) is 4.90 Å². The van der Waals surface area contributed by atoms with Gasteiger partial charge in [-0.25, -0.2) is 4.98 Å². The smallest absolute Gasteiger partial charge is 0.180 e. The highest BCUT2D eigenvalue weighted by molar-refractivity contribution is 7.13. The van der Waals surface area contributed by atoms with E-state index in [4.69, 9.17) is 10.5 Å². The van der Waals surface area contributed by atoms with Gasteiger partial charge in [0.1, 0.15) is 0 Å². The number of hydrogen-bond acceptors (Lipinski definition) is 5. The van der Waals surface area contributed by atoms with Crippen LogP contribution in [0.1, 0.15) is 25.5 Å². The molecular weight excluding hydrogens is 222 g/mol. The van der Waals surface area contributed by atoms with Crippen molar-refractivity contribution in [2.45, 2.75) is 32.4 Å². The maximum atomic E-state index is 5.63. The largest absolute Gasteiger partial charge is 0.378 e. The van der Waals surface area contributed by atoms with Crippen molar-refractivity contribution in [2.75, 3.05) is 25.4 Å². The number of aromatic nitrogens is 1. The first-order chi connectivity index (χ1) is 7.78. The minimum absolute atomic E-state index is 0.460. The highest BCUT2D eigenvalue weighted by Crippen LogP contribution is 2.18. The Kier molecular flexibility index (Phi) is 4.15. The molecule has 0 radical (unpaired) electrons. The summed E-state index contributed by atoms with van der Waals surface area (Å²) in [6.45, 7) is 6.01. The Labute approximate surface area is 100 Å². The third-order valence-electron chi connectivity index (χ3n) is 2.89. The molecule has 1 aliphatic heterocycles. The predicted octanol–water partition coefficient (Wildman–Crippen LogP) is 1.73. The molecular formula is C11H19N3OS. The first kappa shape index (κ1) is 11.8. The van der Waals surface area contributed by atoms with E-state index in [-0.39, 0.29) is 0 Å². The molecule has 1 aliphatic rings. The molecule has 0 aliphatic carbocycles. The number of ether oxygens (including phenoxy) is 1. The molecule has 0 saturated carbocycles. The molecule has 1 fully saturated rings. The average molecular weight is 241 g/mol. The van der Waals surface area contributed by atoms with E-state index in [0.29, 0.717) is 11.2 Å². The van der Waals surface area contributed by atoms with Gasteiger partial charge in [0.25, 0.3) is 0 Å². The average Bonchev–Trinajstić information content (AvgIpc) is 2.67. The summed E-state index contributed by atoms with van der Waals surface area (Å²) in [4.78, 5) is 6.70. The summed E-state index contributed by atoms with van der Waals surface area (Å²) in [6, 6.07) is 0. The van der Waals surface area contributed by atoms with Crippen LogP contribution in [0.25, 0.3) is 0 Å². The fraction of sp³-hybridized carbons (Fsp3) is 0.727. The normalized spacial score (nSPS) is 19.1. The lowest BCUT2D eigenvalue weighted by molar-refractivity contribution is 0.0123. The first-order valence-electron chi connectivity index (χ1n) is 5.81. The van der Waals surface area contributed by atoms with Gasteiger partial charge in [0.15, 0.2) is 5.13 Å². The zero-order valence-corrected chi connectivity index (χ0v) is 10.5. The lowest BCUT2D eigenvalue weighted by atomic mass is 10.1. The van der Waals surface area contributed by atoms with E-state index in [1.54, 1.807) is 0 Å². The molecule has 16 heavy (non-hydrogen) atoms. The van der Waals surface area contributed by atoms with Crippen LogP contribution >= 0.6 is 11.3 Å². The van der Waals surface area contributed by atoms with Gasteiger partial charge in [0, 0.05) is 31.6 Å². The second kappa shape index (κ2) is 5.61. The molecule has 1 aromatic rings. The summed E-state index contributed by atoms with van der Waals surface area (Å²) in [5.74, 6) is 0. The molecule has 1 aromatic heterocycles. The molecule has 2 N–H and O–H groups in total. The summed E-state index contributed by atoms with van der Waals surface area (Å²) in [6.07, 6.45) is 2.72. The maximum Gasteiger partial charge on any atom is 0.180 e. The number of nitrogen functional groups attached to an aromatic ring is 1. The van der Waals surface area contributed by atoms with Crippen molar-refractivity contribution in [3.05, 3.63) is 11.1 Å². The summed E-state index contributed by atoms with van der Waals surface area (Å²) < 4.78 is 5.63. The minimum atomic E-state index is 0.460. The molecule has 4 nitrogen and oxygen atoms in total. The third-order valence-corrected chi connectivity index (χ3v) is 3.61. The van der Waals surface area contributed by atoms with E-state index < -0.39 is 0 Å². The van der Waals surface area contributed by atoms with E-state index in [1.165, 1.54) is 11.3 Å². The molecule has 2 rings (SSSR count). The third kappa shape index (κ3) is 3.17. The Morgan fingerprint density at radius 3 is 2.88 bits per heavy atom. The number of likely N-dealkylation sites (tertiary alicyclic amines) is 1. The van der Waals surface area contributed by atoms with E-state index in [9.17, 15) is 0 Å². The van der Waals surface area contributed by atoms with E-state index in [0.717, 1.165) is 44.8 Å². The topological polar surface area (TPSA) is 51.4 Å². The second-order valence-electron chi connectivity index (χ2n) is 4.11. The van der Waals surface area contributed by atoms with Crippen LogP contribution in [0.3, 0.4) is 0 Å². The van der Waals surface area contributed by atoms with Crippen LogP contribution in [0.4, 0.5) is 5.13 Å². The highest BCUT2D eigenvalue weighted by atomic mass is 32.1. The molecule has 90 valence electrons. The molecule has 2 heterocycles. The van der Waals surface area contributed by atoms with Crippen LogP contribution < -0.4 is 5.73 Å². The fourth-order valence-electron chi connectivity index (χ4n) is 2.09. The Hall–Kier alpha value is -0.650. The van der Waals surface area contributed by atoms with Crippen LogP contribution in [0.15, 0.2) is 5.38 Å². The van der Waals surface area contributed by atoms with Crippen LogP contribution in [-0.2, 0) is 11.3 Å². The summed E-state index contributed by atoms with van der Waals surface area (Å²) >= 11 is 1.52. The number of rotatable bonds is 4. The molecule has 0 bridgehead atoms. The summed E-state index contributed by atoms with van der Waals surface area (Å²) in [7, 11) is 0.